The topological polar surface area (TPSA) is 68.7 Å². The van der Waals surface area contributed by atoms with Crippen molar-refractivity contribution in [3.63, 3.8) is 0 Å². The van der Waals surface area contributed by atoms with E-state index in [2.05, 4.69) is 11.6 Å². The fraction of sp³-hybridized carbons (Fsp3) is 0.486. The number of likely N-dealkylation sites (tertiary alicyclic amines) is 1. The number of piperidine rings is 3. The zero-order chi connectivity index (χ0) is 33.6. The third kappa shape index (κ3) is 7.27. The molecule has 0 aliphatic carbocycles. The molecule has 2 bridgehead atoms. The number of esters is 1. The Kier molecular flexibility index (Phi) is 10.3. The molecule has 5 heterocycles. The van der Waals surface area contributed by atoms with Crippen molar-refractivity contribution < 1.29 is 53.7 Å². The SMILES string of the molecule is C=C[C@H]1C[N+]2(Cc3cccc(C(F)(F)F)c3)CC[C@H]1C[C@@H]2[C@@H](OC(=O)[C@@H]1CCCN1C(=O)OC(C)(C)C)c1ccnc2ccccc12.[Br-]. The maximum atomic E-state index is 14.2. The number of pyridine rings is 1. The number of amides is 1. The summed E-state index contributed by atoms with van der Waals surface area (Å²) in [6, 6.07) is 14.1. The average Bonchev–Trinajstić information content (AvgIpc) is 3.53. The number of benzene rings is 2. The van der Waals surface area contributed by atoms with E-state index in [1.165, 1.54) is 17.0 Å². The lowest BCUT2D eigenvalue weighted by Crippen LogP contribution is -3.00. The molecule has 4 aliphatic rings. The van der Waals surface area contributed by atoms with Gasteiger partial charge in [0.25, 0.3) is 0 Å². The fourth-order valence-corrected chi connectivity index (χ4v) is 8.04. The first kappa shape index (κ1) is 35.9. The molecule has 7 nitrogen and oxygen atoms in total. The van der Waals surface area contributed by atoms with Crippen LogP contribution in [-0.2, 0) is 27.0 Å². The lowest BCUT2D eigenvalue weighted by Gasteiger charge is -2.58. The lowest BCUT2D eigenvalue weighted by atomic mass is 9.71. The Labute approximate surface area is 290 Å². The standard InChI is InChI=1S/C37H43F3N3O4.BrH/c1-5-25-23-43(22-24-10-8-11-27(20-24)37(38,39)40)19-16-26(25)21-32(43)33(29-15-17-41-30-13-7-6-12-28(29)30)46-34(44)31-14-9-18-42(31)35(45)47-36(2,3)4;/h5-8,10-13,15,17,20,25-26,31-33H,1,9,14,16,18-19,21-23H2,2-4H3;1H/q+1;/p-1/t25-,26-,31-,32+,33-,43?;/m0./s1. The third-order valence-corrected chi connectivity index (χ3v) is 10.2. The van der Waals surface area contributed by atoms with E-state index in [0.29, 0.717) is 54.9 Å². The van der Waals surface area contributed by atoms with E-state index < -0.39 is 41.5 Å². The maximum Gasteiger partial charge on any atom is 0.416 e. The summed E-state index contributed by atoms with van der Waals surface area (Å²) in [6.07, 6.45) is 0.663. The number of quaternary nitrogens is 1. The van der Waals surface area contributed by atoms with Crippen molar-refractivity contribution in [1.82, 2.24) is 9.88 Å². The molecule has 11 heteroatoms. The van der Waals surface area contributed by atoms with Crippen LogP contribution in [0.5, 0.6) is 0 Å². The summed E-state index contributed by atoms with van der Waals surface area (Å²) in [5, 5.41) is 0.850. The summed E-state index contributed by atoms with van der Waals surface area (Å²) in [6.45, 7) is 11.6. The van der Waals surface area contributed by atoms with Crippen LogP contribution in [0.2, 0.25) is 0 Å². The number of alkyl halides is 3. The van der Waals surface area contributed by atoms with Gasteiger partial charge in [-0.1, -0.05) is 36.4 Å². The zero-order valence-electron chi connectivity index (χ0n) is 27.6. The van der Waals surface area contributed by atoms with E-state index in [9.17, 15) is 22.8 Å². The van der Waals surface area contributed by atoms with E-state index in [1.807, 2.05) is 36.4 Å². The largest absolute Gasteiger partial charge is 1.00 e. The number of ether oxygens (including phenoxy) is 2. The maximum absolute atomic E-state index is 14.2. The number of nitrogens with zero attached hydrogens (tertiary/aromatic N) is 3. The number of para-hydroxylation sites is 1. The molecule has 6 atom stereocenters. The highest BCUT2D eigenvalue weighted by atomic mass is 79.9. The van der Waals surface area contributed by atoms with Gasteiger partial charge in [0.2, 0.25) is 0 Å². The number of halogens is 4. The van der Waals surface area contributed by atoms with E-state index in [4.69, 9.17) is 9.47 Å². The minimum absolute atomic E-state index is 0. The van der Waals surface area contributed by atoms with Gasteiger partial charge in [-0.25, -0.2) is 9.59 Å². The van der Waals surface area contributed by atoms with Crippen molar-refractivity contribution in [3.8, 4) is 0 Å². The van der Waals surface area contributed by atoms with Gasteiger partial charge in [-0.3, -0.25) is 9.88 Å². The summed E-state index contributed by atoms with van der Waals surface area (Å²) in [5.41, 5.74) is 0.753. The van der Waals surface area contributed by atoms with Gasteiger partial charge in [-0.2, -0.15) is 13.2 Å². The van der Waals surface area contributed by atoms with Crippen molar-refractivity contribution in [1.29, 1.82) is 0 Å². The van der Waals surface area contributed by atoms with Crippen LogP contribution in [-0.4, -0.2) is 63.7 Å². The first-order valence-electron chi connectivity index (χ1n) is 16.5. The molecule has 7 rings (SSSR count). The minimum atomic E-state index is -4.46. The van der Waals surface area contributed by atoms with E-state index in [-0.39, 0.29) is 28.9 Å². The summed E-state index contributed by atoms with van der Waals surface area (Å²) >= 11 is 0. The summed E-state index contributed by atoms with van der Waals surface area (Å²) in [7, 11) is 0. The molecule has 0 spiro atoms. The Hall–Kier alpha value is -3.44. The van der Waals surface area contributed by atoms with E-state index >= 15 is 0 Å². The van der Waals surface area contributed by atoms with Gasteiger partial charge < -0.3 is 30.9 Å². The first-order valence-corrected chi connectivity index (χ1v) is 16.5. The summed E-state index contributed by atoms with van der Waals surface area (Å²) in [5.74, 6) is -0.00808. The van der Waals surface area contributed by atoms with Gasteiger partial charge in [-0.15, -0.1) is 6.58 Å². The van der Waals surface area contributed by atoms with Crippen LogP contribution >= 0.6 is 0 Å². The molecular weight excluding hydrogens is 687 g/mol. The zero-order valence-corrected chi connectivity index (χ0v) is 29.2. The van der Waals surface area contributed by atoms with Crippen molar-refractivity contribution in [2.45, 2.75) is 83.0 Å². The van der Waals surface area contributed by atoms with Crippen molar-refractivity contribution >= 4 is 23.0 Å². The van der Waals surface area contributed by atoms with Crippen LogP contribution in [0.3, 0.4) is 0 Å². The van der Waals surface area contributed by atoms with Crippen LogP contribution in [0.4, 0.5) is 18.0 Å². The molecule has 2 aromatic carbocycles. The molecule has 1 unspecified atom stereocenters. The number of fused-ring (bicyclic) bond motifs is 4. The van der Waals surface area contributed by atoms with Gasteiger partial charge >= 0.3 is 18.2 Å². The second kappa shape index (κ2) is 13.8. The highest BCUT2D eigenvalue weighted by molar-refractivity contribution is 5.84. The Bertz CT molecular complexity index is 1660. The quantitative estimate of drug-likeness (QED) is 0.198. The smallest absolute Gasteiger partial charge is 0.416 e. The van der Waals surface area contributed by atoms with Crippen LogP contribution in [0.1, 0.15) is 69.2 Å². The Morgan fingerprint density at radius 3 is 2.60 bits per heavy atom. The van der Waals surface area contributed by atoms with Crippen LogP contribution in [0, 0.1) is 11.8 Å². The fourth-order valence-electron chi connectivity index (χ4n) is 8.04. The van der Waals surface area contributed by atoms with Crippen LogP contribution < -0.4 is 17.0 Å². The van der Waals surface area contributed by atoms with Crippen molar-refractivity contribution in [2.75, 3.05) is 19.6 Å². The van der Waals surface area contributed by atoms with Gasteiger partial charge in [0.05, 0.1) is 24.2 Å². The molecule has 4 fully saturated rings. The first-order chi connectivity index (χ1) is 22.3. The van der Waals surface area contributed by atoms with Crippen molar-refractivity contribution in [2.24, 2.45) is 11.8 Å². The minimum Gasteiger partial charge on any atom is -1.00 e. The van der Waals surface area contributed by atoms with Gasteiger partial charge in [0.15, 0.2) is 6.10 Å². The van der Waals surface area contributed by atoms with Crippen molar-refractivity contribution in [3.05, 3.63) is 90.1 Å². The molecule has 3 aromatic rings. The third-order valence-electron chi connectivity index (χ3n) is 10.2. The normalized spacial score (nSPS) is 26.1. The molecule has 48 heavy (non-hydrogen) atoms. The highest BCUT2D eigenvalue weighted by Gasteiger charge is 2.56. The predicted molar refractivity (Wildman–Crippen MR) is 172 cm³/mol. The molecule has 1 amide bonds. The summed E-state index contributed by atoms with van der Waals surface area (Å²) < 4.78 is 54.0. The molecule has 0 saturated carbocycles. The number of aromatic nitrogens is 1. The molecule has 0 N–H and O–H groups in total. The van der Waals surface area contributed by atoms with Gasteiger partial charge in [0.1, 0.15) is 24.2 Å². The van der Waals surface area contributed by atoms with Gasteiger partial charge in [0, 0.05) is 48.0 Å². The number of hydrogen-bond donors (Lipinski definition) is 0. The lowest BCUT2D eigenvalue weighted by molar-refractivity contribution is -0.984. The van der Waals surface area contributed by atoms with Crippen LogP contribution in [0.25, 0.3) is 10.9 Å². The molecule has 4 saturated heterocycles. The monoisotopic (exact) mass is 729 g/mol. The molecule has 1 aromatic heterocycles. The van der Waals surface area contributed by atoms with Crippen LogP contribution in [0.15, 0.2) is 73.4 Å². The number of hydrogen-bond acceptors (Lipinski definition) is 5. The Morgan fingerprint density at radius 2 is 1.88 bits per heavy atom. The number of rotatable bonds is 7. The van der Waals surface area contributed by atoms with Gasteiger partial charge in [-0.05, 0) is 63.8 Å². The molecular formula is C37H43BrF3N3O4. The second-order valence-corrected chi connectivity index (χ2v) is 14.3. The number of carbonyl (C=O) groups excluding carboxylic acids is 2. The highest BCUT2D eigenvalue weighted by Crippen LogP contribution is 2.49. The molecule has 0 radical (unpaired) electrons. The Balaban J connectivity index is 0.00000451. The number of carbonyl (C=O) groups is 2. The molecule has 4 aliphatic heterocycles. The predicted octanol–water partition coefficient (Wildman–Crippen LogP) is 4.85. The second-order valence-electron chi connectivity index (χ2n) is 14.3. The Morgan fingerprint density at radius 1 is 1.10 bits per heavy atom. The average molecular weight is 731 g/mol. The summed E-state index contributed by atoms with van der Waals surface area (Å²) in [4.78, 5) is 33.3. The molecule has 258 valence electrons. The van der Waals surface area contributed by atoms with E-state index in [0.717, 1.165) is 35.5 Å². The van der Waals surface area contributed by atoms with E-state index in [1.54, 1.807) is 33.0 Å².